The number of anilines is 1. The Labute approximate surface area is 100 Å². The van der Waals surface area contributed by atoms with E-state index in [2.05, 4.69) is 4.74 Å². The molecule has 1 aromatic carbocycles. The van der Waals surface area contributed by atoms with E-state index in [1.165, 1.54) is 7.11 Å². The molecule has 5 nitrogen and oxygen atoms in total. The highest BCUT2D eigenvalue weighted by Crippen LogP contribution is 2.33. The van der Waals surface area contributed by atoms with E-state index in [0.29, 0.717) is 36.0 Å². The normalized spacial score (nSPS) is 9.82. The van der Waals surface area contributed by atoms with E-state index in [-0.39, 0.29) is 0 Å². The lowest BCUT2D eigenvalue weighted by molar-refractivity contribution is 0.0599. The van der Waals surface area contributed by atoms with Gasteiger partial charge in [0.2, 0.25) is 0 Å². The summed E-state index contributed by atoms with van der Waals surface area (Å²) in [6, 6.07) is 3.10. The molecule has 0 spiro atoms. The number of nitrogens with two attached hydrogens (primary N) is 1. The fraction of sp³-hybridized carbons (Fsp3) is 0.417. The van der Waals surface area contributed by atoms with Crippen LogP contribution in [-0.4, -0.2) is 26.3 Å². The predicted molar refractivity (Wildman–Crippen MR) is 64.5 cm³/mol. The number of rotatable bonds is 5. The van der Waals surface area contributed by atoms with E-state index in [1.54, 1.807) is 12.1 Å². The van der Waals surface area contributed by atoms with Crippen molar-refractivity contribution in [1.82, 2.24) is 0 Å². The molecule has 17 heavy (non-hydrogen) atoms. The zero-order chi connectivity index (χ0) is 12.8. The quantitative estimate of drug-likeness (QED) is 0.627. The summed E-state index contributed by atoms with van der Waals surface area (Å²) in [4.78, 5) is 11.5. The third-order valence-corrected chi connectivity index (χ3v) is 2.12. The van der Waals surface area contributed by atoms with Crippen LogP contribution < -0.4 is 15.2 Å². The first-order valence-corrected chi connectivity index (χ1v) is 5.41. The monoisotopic (exact) mass is 239 g/mol. The zero-order valence-corrected chi connectivity index (χ0v) is 10.3. The molecule has 0 fully saturated rings. The van der Waals surface area contributed by atoms with Crippen molar-refractivity contribution in [3.8, 4) is 11.5 Å². The minimum Gasteiger partial charge on any atom is -0.492 e. The van der Waals surface area contributed by atoms with Gasteiger partial charge in [0, 0.05) is 0 Å². The lowest BCUT2D eigenvalue weighted by atomic mass is 10.1. The smallest absolute Gasteiger partial charge is 0.338 e. The van der Waals surface area contributed by atoms with Crippen molar-refractivity contribution in [2.24, 2.45) is 0 Å². The lowest BCUT2D eigenvalue weighted by Gasteiger charge is -2.13. The number of carbonyl (C=O) groups excluding carboxylic acids is 1. The SMILES string of the molecule is CCOc1cc(C(=O)OC)cc(OCC)c1N. The Bertz CT molecular complexity index is 376. The van der Waals surface area contributed by atoms with E-state index < -0.39 is 5.97 Å². The number of carbonyl (C=O) groups is 1. The van der Waals surface area contributed by atoms with E-state index in [9.17, 15) is 4.79 Å². The summed E-state index contributed by atoms with van der Waals surface area (Å²) in [5.74, 6) is 0.407. The van der Waals surface area contributed by atoms with Crippen LogP contribution in [-0.2, 0) is 4.74 Å². The van der Waals surface area contributed by atoms with Gasteiger partial charge in [-0.25, -0.2) is 4.79 Å². The topological polar surface area (TPSA) is 70.8 Å². The highest BCUT2D eigenvalue weighted by atomic mass is 16.5. The molecule has 0 heterocycles. The summed E-state index contributed by atoms with van der Waals surface area (Å²) >= 11 is 0. The Morgan fingerprint density at radius 3 is 2.00 bits per heavy atom. The number of ether oxygens (including phenoxy) is 3. The first kappa shape index (κ1) is 13.2. The summed E-state index contributed by atoms with van der Waals surface area (Å²) < 4.78 is 15.3. The molecule has 0 atom stereocenters. The Balaban J connectivity index is 3.20. The average Bonchev–Trinajstić information content (AvgIpc) is 2.33. The Morgan fingerprint density at radius 1 is 1.18 bits per heavy atom. The van der Waals surface area contributed by atoms with Gasteiger partial charge < -0.3 is 19.9 Å². The van der Waals surface area contributed by atoms with Crippen molar-refractivity contribution >= 4 is 11.7 Å². The lowest BCUT2D eigenvalue weighted by Crippen LogP contribution is -2.06. The van der Waals surface area contributed by atoms with Gasteiger partial charge in [0.15, 0.2) is 0 Å². The fourth-order valence-electron chi connectivity index (χ4n) is 1.39. The van der Waals surface area contributed by atoms with E-state index >= 15 is 0 Å². The molecule has 0 aliphatic heterocycles. The summed E-state index contributed by atoms with van der Waals surface area (Å²) in [7, 11) is 1.32. The molecule has 2 N–H and O–H groups in total. The van der Waals surface area contributed by atoms with Crippen LogP contribution in [0.2, 0.25) is 0 Å². The van der Waals surface area contributed by atoms with Crippen molar-refractivity contribution < 1.29 is 19.0 Å². The Hall–Kier alpha value is -1.91. The van der Waals surface area contributed by atoms with Crippen LogP contribution in [0.15, 0.2) is 12.1 Å². The maximum absolute atomic E-state index is 11.5. The molecule has 0 aliphatic carbocycles. The van der Waals surface area contributed by atoms with Crippen LogP contribution in [0.3, 0.4) is 0 Å². The summed E-state index contributed by atoms with van der Waals surface area (Å²) in [6.07, 6.45) is 0. The average molecular weight is 239 g/mol. The van der Waals surface area contributed by atoms with Crippen LogP contribution >= 0.6 is 0 Å². The highest BCUT2D eigenvalue weighted by Gasteiger charge is 2.14. The standard InChI is InChI=1S/C12H17NO4/c1-4-16-9-6-8(12(14)15-3)7-10(11(9)13)17-5-2/h6-7H,4-5,13H2,1-3H3. The second kappa shape index (κ2) is 5.98. The third kappa shape index (κ3) is 3.03. The maximum Gasteiger partial charge on any atom is 0.338 e. The summed E-state index contributed by atoms with van der Waals surface area (Å²) in [5, 5.41) is 0. The molecule has 1 rings (SSSR count). The maximum atomic E-state index is 11.5. The first-order valence-electron chi connectivity index (χ1n) is 5.41. The van der Waals surface area contributed by atoms with E-state index in [0.717, 1.165) is 0 Å². The number of nitrogen functional groups attached to an aromatic ring is 1. The molecule has 0 unspecified atom stereocenters. The largest absolute Gasteiger partial charge is 0.492 e. The molecule has 0 amide bonds. The van der Waals surface area contributed by atoms with Crippen molar-refractivity contribution in [2.75, 3.05) is 26.1 Å². The molecular weight excluding hydrogens is 222 g/mol. The number of methoxy groups -OCH3 is 1. The van der Waals surface area contributed by atoms with Crippen LogP contribution in [0, 0.1) is 0 Å². The number of hydrogen-bond acceptors (Lipinski definition) is 5. The molecule has 0 saturated carbocycles. The Morgan fingerprint density at radius 2 is 1.65 bits per heavy atom. The molecule has 1 aromatic rings. The molecule has 0 aliphatic rings. The van der Waals surface area contributed by atoms with Crippen LogP contribution in [0.4, 0.5) is 5.69 Å². The molecule has 0 radical (unpaired) electrons. The second-order valence-corrected chi connectivity index (χ2v) is 3.24. The third-order valence-electron chi connectivity index (χ3n) is 2.12. The molecular formula is C12H17NO4. The van der Waals surface area contributed by atoms with E-state index in [4.69, 9.17) is 15.2 Å². The molecule has 0 saturated heterocycles. The number of benzene rings is 1. The highest BCUT2D eigenvalue weighted by molar-refractivity contribution is 5.91. The van der Waals surface area contributed by atoms with Gasteiger partial charge in [-0.3, -0.25) is 0 Å². The molecule has 0 aromatic heterocycles. The van der Waals surface area contributed by atoms with Gasteiger partial charge in [-0.15, -0.1) is 0 Å². The van der Waals surface area contributed by atoms with Gasteiger partial charge in [-0.05, 0) is 26.0 Å². The predicted octanol–water partition coefficient (Wildman–Crippen LogP) is 1.85. The van der Waals surface area contributed by atoms with Crippen molar-refractivity contribution in [2.45, 2.75) is 13.8 Å². The Kier molecular flexibility index (Phi) is 4.63. The minimum atomic E-state index is -0.452. The van der Waals surface area contributed by atoms with Gasteiger partial charge in [0.1, 0.15) is 17.2 Å². The number of hydrogen-bond donors (Lipinski definition) is 1. The van der Waals surface area contributed by atoms with Crippen LogP contribution in [0.25, 0.3) is 0 Å². The van der Waals surface area contributed by atoms with Crippen LogP contribution in [0.1, 0.15) is 24.2 Å². The second-order valence-electron chi connectivity index (χ2n) is 3.24. The van der Waals surface area contributed by atoms with Gasteiger partial charge in [0.05, 0.1) is 25.9 Å². The zero-order valence-electron chi connectivity index (χ0n) is 10.3. The van der Waals surface area contributed by atoms with Crippen LogP contribution in [0.5, 0.6) is 11.5 Å². The fourth-order valence-corrected chi connectivity index (χ4v) is 1.39. The molecule has 5 heteroatoms. The van der Waals surface area contributed by atoms with Gasteiger partial charge >= 0.3 is 5.97 Å². The van der Waals surface area contributed by atoms with Crippen molar-refractivity contribution in [3.05, 3.63) is 17.7 Å². The van der Waals surface area contributed by atoms with Crippen molar-refractivity contribution in [3.63, 3.8) is 0 Å². The van der Waals surface area contributed by atoms with Gasteiger partial charge in [0.25, 0.3) is 0 Å². The van der Waals surface area contributed by atoms with Crippen molar-refractivity contribution in [1.29, 1.82) is 0 Å². The summed E-state index contributed by atoms with van der Waals surface area (Å²) in [5.41, 5.74) is 6.61. The van der Waals surface area contributed by atoms with E-state index in [1.807, 2.05) is 13.8 Å². The molecule has 94 valence electrons. The summed E-state index contributed by atoms with van der Waals surface area (Å²) in [6.45, 7) is 4.59. The number of esters is 1. The van der Waals surface area contributed by atoms with Gasteiger partial charge in [-0.2, -0.15) is 0 Å². The minimum absolute atomic E-state index is 0.355. The van der Waals surface area contributed by atoms with Gasteiger partial charge in [-0.1, -0.05) is 0 Å². The first-order chi connectivity index (χ1) is 8.13. The molecule has 0 bridgehead atoms.